The molecule has 4 aromatic rings. The summed E-state index contributed by atoms with van der Waals surface area (Å²) in [6, 6.07) is 30.7. The smallest absolute Gasteiger partial charge is 0.153 e. The molecule has 0 atom stereocenters. The second kappa shape index (κ2) is 15.4. The van der Waals surface area contributed by atoms with Gasteiger partial charge in [-0.15, -0.1) is 0 Å². The minimum absolute atomic E-state index is 0.187. The summed E-state index contributed by atoms with van der Waals surface area (Å²) in [5.41, 5.74) is 9.64. The van der Waals surface area contributed by atoms with Gasteiger partial charge in [-0.05, 0) is 60.1 Å². The highest BCUT2D eigenvalue weighted by Gasteiger charge is 2.29. The number of nitrogen functional groups attached to an aromatic ring is 1. The number of para-hydroxylation sites is 1. The van der Waals surface area contributed by atoms with Gasteiger partial charge in [-0.3, -0.25) is 0 Å². The average molecular weight is 608 g/mol. The number of nitrogens with zero attached hydrogens (tertiary/aromatic N) is 2. The lowest BCUT2D eigenvalue weighted by atomic mass is 10.1. The number of hydrogen-bond donors (Lipinski definition) is 1. The van der Waals surface area contributed by atoms with E-state index in [9.17, 15) is 10.5 Å². The van der Waals surface area contributed by atoms with Gasteiger partial charge in [0.25, 0.3) is 0 Å². The predicted octanol–water partition coefficient (Wildman–Crippen LogP) is 9.83. The molecule has 0 spiro atoms. The first-order valence-corrected chi connectivity index (χ1v) is 16.1. The van der Waals surface area contributed by atoms with Crippen LogP contribution in [0, 0.1) is 34.5 Å². The maximum absolute atomic E-state index is 10.4. The van der Waals surface area contributed by atoms with Crippen molar-refractivity contribution in [2.45, 2.75) is 60.1 Å². The number of anilines is 1. The molecule has 0 aromatic heterocycles. The van der Waals surface area contributed by atoms with Gasteiger partial charge >= 0.3 is 0 Å². The molecular formula is C36H37N3O2S2. The molecule has 0 radical (unpaired) electrons. The molecule has 4 rings (SSSR count). The summed E-state index contributed by atoms with van der Waals surface area (Å²) in [5.74, 6) is 1.63. The van der Waals surface area contributed by atoms with Crippen LogP contribution in [0.5, 0.6) is 11.5 Å². The number of nitrogens with two attached hydrogens (primary N) is 1. The van der Waals surface area contributed by atoms with Crippen molar-refractivity contribution in [2.75, 3.05) is 18.9 Å². The molecule has 0 aliphatic heterocycles. The van der Waals surface area contributed by atoms with Crippen molar-refractivity contribution in [1.29, 1.82) is 10.5 Å². The second-order valence-electron chi connectivity index (χ2n) is 11.0. The predicted molar refractivity (Wildman–Crippen MR) is 177 cm³/mol. The van der Waals surface area contributed by atoms with E-state index in [1.807, 2.05) is 42.5 Å². The summed E-state index contributed by atoms with van der Waals surface area (Å²) in [7, 11) is 0. The third kappa shape index (κ3) is 8.29. The molecule has 0 aliphatic carbocycles. The van der Waals surface area contributed by atoms with Crippen LogP contribution in [0.25, 0.3) is 11.1 Å². The molecule has 0 bridgehead atoms. The Balaban J connectivity index is 1.90. The van der Waals surface area contributed by atoms with E-state index in [1.165, 1.54) is 23.5 Å². The lowest BCUT2D eigenvalue weighted by molar-refractivity contribution is 0.269. The van der Waals surface area contributed by atoms with Crippen molar-refractivity contribution in [3.05, 3.63) is 90.0 Å². The van der Waals surface area contributed by atoms with E-state index in [2.05, 4.69) is 76.2 Å². The summed E-state index contributed by atoms with van der Waals surface area (Å²) in [4.78, 5) is 3.26. The lowest BCUT2D eigenvalue weighted by Gasteiger charge is -2.22. The van der Waals surface area contributed by atoms with Gasteiger partial charge in [0.15, 0.2) is 11.5 Å². The molecule has 2 N–H and O–H groups in total. The summed E-state index contributed by atoms with van der Waals surface area (Å²) in [5, 5.41) is 20.7. The highest BCUT2D eigenvalue weighted by molar-refractivity contribution is 8.02. The standard InChI is InChI=1S/C36H37N3O2S2/c1-24(2)18-20-40-33-29(22-37)30(23-38)34(41-21-19-25(3)4)36(43-32-13-9-8-12-31(32)39)35(33)42-28-16-14-27(15-17-28)26-10-6-5-7-11-26/h5-17,24-25H,18-21,39H2,1-4H3. The van der Waals surface area contributed by atoms with Crippen LogP contribution in [-0.2, 0) is 0 Å². The van der Waals surface area contributed by atoms with Gasteiger partial charge in [-0.1, -0.05) is 106 Å². The molecule has 0 saturated heterocycles. The fourth-order valence-corrected chi connectivity index (χ4v) is 6.46. The van der Waals surface area contributed by atoms with E-state index in [-0.39, 0.29) is 11.1 Å². The van der Waals surface area contributed by atoms with Crippen molar-refractivity contribution < 1.29 is 9.47 Å². The molecule has 0 unspecified atom stereocenters. The maximum Gasteiger partial charge on any atom is 0.153 e. The summed E-state index contributed by atoms with van der Waals surface area (Å²) < 4.78 is 12.8. The molecule has 0 amide bonds. The second-order valence-corrected chi connectivity index (χ2v) is 13.1. The average Bonchev–Trinajstić information content (AvgIpc) is 3.00. The van der Waals surface area contributed by atoms with Crippen molar-refractivity contribution in [2.24, 2.45) is 11.8 Å². The molecule has 220 valence electrons. The third-order valence-corrected chi connectivity index (χ3v) is 9.16. The fraction of sp³-hybridized carbons (Fsp3) is 0.278. The minimum Gasteiger partial charge on any atom is -0.491 e. The molecule has 0 heterocycles. The van der Waals surface area contributed by atoms with Gasteiger partial charge in [0, 0.05) is 15.5 Å². The fourth-order valence-electron chi connectivity index (χ4n) is 4.28. The monoisotopic (exact) mass is 607 g/mol. The van der Waals surface area contributed by atoms with Crippen LogP contribution in [0.2, 0.25) is 0 Å². The van der Waals surface area contributed by atoms with Crippen LogP contribution < -0.4 is 15.2 Å². The van der Waals surface area contributed by atoms with Crippen molar-refractivity contribution in [3.8, 4) is 34.8 Å². The summed E-state index contributed by atoms with van der Waals surface area (Å²) in [6.45, 7) is 9.35. The first-order valence-electron chi connectivity index (χ1n) is 14.5. The largest absolute Gasteiger partial charge is 0.491 e. The van der Waals surface area contributed by atoms with Gasteiger partial charge in [0.05, 0.1) is 23.0 Å². The summed E-state index contributed by atoms with van der Waals surface area (Å²) >= 11 is 2.94. The Morgan fingerprint density at radius 3 is 1.65 bits per heavy atom. The number of benzene rings is 4. The topological polar surface area (TPSA) is 92.1 Å². The zero-order chi connectivity index (χ0) is 30.8. The van der Waals surface area contributed by atoms with E-state index in [1.54, 1.807) is 0 Å². The van der Waals surface area contributed by atoms with E-state index in [4.69, 9.17) is 15.2 Å². The first kappa shape index (κ1) is 31.9. The molecule has 4 aromatic carbocycles. The maximum atomic E-state index is 10.4. The molecular weight excluding hydrogens is 571 g/mol. The lowest BCUT2D eigenvalue weighted by Crippen LogP contribution is -2.09. The Morgan fingerprint density at radius 2 is 1.14 bits per heavy atom. The number of rotatable bonds is 13. The SMILES string of the molecule is CC(C)CCOc1c(C#N)c(C#N)c(OCCC(C)C)c(Sc2ccccc2N)c1Sc1ccc(-c2ccccc2)cc1. The van der Waals surface area contributed by atoms with E-state index < -0.39 is 0 Å². The van der Waals surface area contributed by atoms with Gasteiger partial charge < -0.3 is 15.2 Å². The highest BCUT2D eigenvalue weighted by Crippen LogP contribution is 2.53. The van der Waals surface area contributed by atoms with Crippen LogP contribution in [-0.4, -0.2) is 13.2 Å². The molecule has 43 heavy (non-hydrogen) atoms. The van der Waals surface area contributed by atoms with E-state index in [0.29, 0.717) is 47.1 Å². The quantitative estimate of drug-likeness (QED) is 0.151. The Hall–Kier alpha value is -4.04. The van der Waals surface area contributed by atoms with Gasteiger partial charge in [0.1, 0.15) is 23.3 Å². The van der Waals surface area contributed by atoms with Crippen LogP contribution in [0.15, 0.2) is 98.4 Å². The number of ether oxygens (including phenoxy) is 2. The van der Waals surface area contributed by atoms with Gasteiger partial charge in [-0.25, -0.2) is 0 Å². The Bertz CT molecular complexity index is 1610. The van der Waals surface area contributed by atoms with Crippen molar-refractivity contribution >= 4 is 29.2 Å². The Labute approximate surface area is 264 Å². The third-order valence-electron chi connectivity index (χ3n) is 6.74. The number of nitriles is 2. The van der Waals surface area contributed by atoms with Gasteiger partial charge in [-0.2, -0.15) is 10.5 Å². The molecule has 5 nitrogen and oxygen atoms in total. The zero-order valence-electron chi connectivity index (χ0n) is 25.1. The first-order chi connectivity index (χ1) is 20.8. The van der Waals surface area contributed by atoms with Crippen LogP contribution in [0.4, 0.5) is 5.69 Å². The Kier molecular flexibility index (Phi) is 11.4. The van der Waals surface area contributed by atoms with Crippen LogP contribution in [0.3, 0.4) is 0 Å². The van der Waals surface area contributed by atoms with Gasteiger partial charge in [0.2, 0.25) is 0 Å². The highest BCUT2D eigenvalue weighted by atomic mass is 32.2. The van der Waals surface area contributed by atoms with E-state index in [0.717, 1.165) is 38.7 Å². The minimum atomic E-state index is 0.187. The molecule has 0 fully saturated rings. The number of hydrogen-bond acceptors (Lipinski definition) is 7. The molecule has 7 heteroatoms. The summed E-state index contributed by atoms with van der Waals surface area (Å²) in [6.07, 6.45) is 1.61. The van der Waals surface area contributed by atoms with Crippen molar-refractivity contribution in [3.63, 3.8) is 0 Å². The van der Waals surface area contributed by atoms with E-state index >= 15 is 0 Å². The van der Waals surface area contributed by atoms with Crippen LogP contribution >= 0.6 is 23.5 Å². The normalized spacial score (nSPS) is 10.9. The van der Waals surface area contributed by atoms with Crippen LogP contribution in [0.1, 0.15) is 51.7 Å². The Morgan fingerprint density at radius 1 is 0.651 bits per heavy atom. The molecule has 0 saturated carbocycles. The zero-order valence-corrected chi connectivity index (χ0v) is 26.7. The van der Waals surface area contributed by atoms with Crippen molar-refractivity contribution in [1.82, 2.24) is 0 Å². The molecule has 0 aliphatic rings.